The van der Waals surface area contributed by atoms with E-state index in [-0.39, 0.29) is 5.60 Å². The molecule has 0 atom stereocenters. The van der Waals surface area contributed by atoms with Gasteiger partial charge in [0.1, 0.15) is 5.82 Å². The maximum absolute atomic E-state index is 5.90. The summed E-state index contributed by atoms with van der Waals surface area (Å²) in [6, 6.07) is 4.12. The highest BCUT2D eigenvalue weighted by molar-refractivity contribution is 9.10. The van der Waals surface area contributed by atoms with Crippen molar-refractivity contribution in [3.63, 3.8) is 0 Å². The summed E-state index contributed by atoms with van der Waals surface area (Å²) in [6.45, 7) is 2.79. The van der Waals surface area contributed by atoms with Crippen LogP contribution in [0.4, 0.5) is 5.82 Å². The second-order valence-electron chi connectivity index (χ2n) is 4.64. The summed E-state index contributed by atoms with van der Waals surface area (Å²) < 4.78 is 6.93. The van der Waals surface area contributed by atoms with Crippen molar-refractivity contribution in [1.82, 2.24) is 4.98 Å². The maximum Gasteiger partial charge on any atom is 0.128 e. The van der Waals surface area contributed by atoms with E-state index in [1.807, 2.05) is 12.3 Å². The van der Waals surface area contributed by atoms with E-state index in [0.29, 0.717) is 0 Å². The fourth-order valence-electron chi connectivity index (χ4n) is 2.47. The standard InChI is InChI=1S/C12H15BrN2O/c13-10-2-3-11(14-8-10)15-6-7-16-12(9-15)4-1-5-12/h2-3,8H,1,4-7,9H2. The number of nitrogens with zero attached hydrogens (tertiary/aromatic N) is 2. The Balaban J connectivity index is 1.76. The molecule has 1 aliphatic heterocycles. The van der Waals surface area contributed by atoms with Crippen LogP contribution in [0, 0.1) is 0 Å². The summed E-state index contributed by atoms with van der Waals surface area (Å²) in [4.78, 5) is 6.79. The van der Waals surface area contributed by atoms with Crippen LogP contribution in [0.5, 0.6) is 0 Å². The molecule has 2 heterocycles. The average Bonchev–Trinajstić information content (AvgIpc) is 2.28. The quantitative estimate of drug-likeness (QED) is 0.792. The lowest BCUT2D eigenvalue weighted by molar-refractivity contribution is -0.106. The zero-order chi connectivity index (χ0) is 11.0. The molecule has 1 spiro atoms. The van der Waals surface area contributed by atoms with E-state index in [4.69, 9.17) is 4.74 Å². The molecule has 0 amide bonds. The second kappa shape index (κ2) is 4.00. The number of pyridine rings is 1. The summed E-state index contributed by atoms with van der Waals surface area (Å²) >= 11 is 3.41. The normalized spacial score (nSPS) is 23.2. The van der Waals surface area contributed by atoms with Gasteiger partial charge in [-0.3, -0.25) is 0 Å². The van der Waals surface area contributed by atoms with Gasteiger partial charge in [-0.2, -0.15) is 0 Å². The van der Waals surface area contributed by atoms with Gasteiger partial charge < -0.3 is 9.64 Å². The topological polar surface area (TPSA) is 25.4 Å². The Morgan fingerprint density at radius 2 is 2.25 bits per heavy atom. The first-order valence-corrected chi connectivity index (χ1v) is 6.57. The molecule has 86 valence electrons. The molecule has 1 saturated carbocycles. The predicted molar refractivity (Wildman–Crippen MR) is 66.7 cm³/mol. The molecule has 1 aliphatic carbocycles. The molecule has 2 fully saturated rings. The van der Waals surface area contributed by atoms with Gasteiger partial charge >= 0.3 is 0 Å². The van der Waals surface area contributed by atoms with E-state index in [9.17, 15) is 0 Å². The van der Waals surface area contributed by atoms with Crippen LogP contribution >= 0.6 is 15.9 Å². The van der Waals surface area contributed by atoms with E-state index in [0.717, 1.165) is 30.0 Å². The van der Waals surface area contributed by atoms with Crippen molar-refractivity contribution < 1.29 is 4.74 Å². The Hall–Kier alpha value is -0.610. The summed E-state index contributed by atoms with van der Waals surface area (Å²) in [6.07, 6.45) is 5.58. The predicted octanol–water partition coefficient (Wildman–Crippen LogP) is 2.60. The molecule has 2 aliphatic rings. The van der Waals surface area contributed by atoms with E-state index in [1.165, 1.54) is 19.3 Å². The highest BCUT2D eigenvalue weighted by Crippen LogP contribution is 2.38. The Bertz CT molecular complexity index is 375. The molecule has 4 heteroatoms. The Kier molecular flexibility index (Phi) is 2.64. The number of rotatable bonds is 1. The highest BCUT2D eigenvalue weighted by Gasteiger charge is 2.42. The molecular weight excluding hydrogens is 268 g/mol. The molecule has 0 N–H and O–H groups in total. The number of hydrogen-bond donors (Lipinski definition) is 0. The van der Waals surface area contributed by atoms with Gasteiger partial charge in [-0.25, -0.2) is 4.98 Å². The Labute approximate surface area is 104 Å². The van der Waals surface area contributed by atoms with Crippen LogP contribution in [0.1, 0.15) is 19.3 Å². The molecule has 3 rings (SSSR count). The maximum atomic E-state index is 5.90. The van der Waals surface area contributed by atoms with Crippen molar-refractivity contribution in [3.05, 3.63) is 22.8 Å². The van der Waals surface area contributed by atoms with Crippen LogP contribution in [0.2, 0.25) is 0 Å². The molecular formula is C12H15BrN2O. The van der Waals surface area contributed by atoms with Crippen molar-refractivity contribution >= 4 is 21.7 Å². The molecule has 0 bridgehead atoms. The zero-order valence-corrected chi connectivity index (χ0v) is 10.7. The van der Waals surface area contributed by atoms with Gasteiger partial charge in [0.15, 0.2) is 0 Å². The molecule has 3 nitrogen and oxygen atoms in total. The first-order chi connectivity index (χ1) is 7.77. The number of halogens is 1. The lowest BCUT2D eigenvalue weighted by Gasteiger charge is -2.48. The lowest BCUT2D eigenvalue weighted by atomic mass is 9.79. The SMILES string of the molecule is Brc1ccc(N2CCOC3(CCC3)C2)nc1. The fourth-order valence-corrected chi connectivity index (χ4v) is 2.70. The van der Waals surface area contributed by atoms with Gasteiger partial charge in [0, 0.05) is 23.8 Å². The third kappa shape index (κ3) is 1.84. The molecule has 1 aromatic heterocycles. The monoisotopic (exact) mass is 282 g/mol. The van der Waals surface area contributed by atoms with Crippen LogP contribution in [-0.4, -0.2) is 30.3 Å². The smallest absolute Gasteiger partial charge is 0.128 e. The van der Waals surface area contributed by atoms with Gasteiger partial charge in [-0.05, 0) is 47.3 Å². The van der Waals surface area contributed by atoms with Crippen molar-refractivity contribution in [2.75, 3.05) is 24.6 Å². The number of morpholine rings is 1. The van der Waals surface area contributed by atoms with Crippen LogP contribution in [0.15, 0.2) is 22.8 Å². The molecule has 0 unspecified atom stereocenters. The summed E-state index contributed by atoms with van der Waals surface area (Å²) in [5.41, 5.74) is 0.146. The molecule has 0 radical (unpaired) electrons. The van der Waals surface area contributed by atoms with Crippen molar-refractivity contribution in [2.24, 2.45) is 0 Å². The fraction of sp³-hybridized carbons (Fsp3) is 0.583. The lowest BCUT2D eigenvalue weighted by Crippen LogP contribution is -2.55. The van der Waals surface area contributed by atoms with Crippen molar-refractivity contribution in [2.45, 2.75) is 24.9 Å². The molecule has 1 aromatic rings. The third-order valence-electron chi connectivity index (χ3n) is 3.55. The molecule has 1 saturated heterocycles. The first kappa shape index (κ1) is 10.5. The summed E-state index contributed by atoms with van der Waals surface area (Å²) in [5.74, 6) is 1.07. The van der Waals surface area contributed by atoms with Gasteiger partial charge in [0.2, 0.25) is 0 Å². The number of aromatic nitrogens is 1. The van der Waals surface area contributed by atoms with Crippen molar-refractivity contribution in [3.8, 4) is 0 Å². The van der Waals surface area contributed by atoms with Crippen LogP contribution in [0.25, 0.3) is 0 Å². The Morgan fingerprint density at radius 3 is 2.88 bits per heavy atom. The largest absolute Gasteiger partial charge is 0.371 e. The van der Waals surface area contributed by atoms with Crippen LogP contribution in [-0.2, 0) is 4.74 Å². The molecule has 0 aromatic carbocycles. The van der Waals surface area contributed by atoms with Gasteiger partial charge in [-0.15, -0.1) is 0 Å². The average molecular weight is 283 g/mol. The van der Waals surface area contributed by atoms with Crippen LogP contribution < -0.4 is 4.90 Å². The number of hydrogen-bond acceptors (Lipinski definition) is 3. The van der Waals surface area contributed by atoms with Gasteiger partial charge in [-0.1, -0.05) is 0 Å². The highest BCUT2D eigenvalue weighted by atomic mass is 79.9. The van der Waals surface area contributed by atoms with E-state index in [2.05, 4.69) is 31.9 Å². The Morgan fingerprint density at radius 1 is 1.38 bits per heavy atom. The van der Waals surface area contributed by atoms with Crippen molar-refractivity contribution in [1.29, 1.82) is 0 Å². The second-order valence-corrected chi connectivity index (χ2v) is 5.56. The summed E-state index contributed by atoms with van der Waals surface area (Å²) in [7, 11) is 0. The number of ether oxygens (including phenoxy) is 1. The minimum Gasteiger partial charge on any atom is -0.371 e. The molecule has 16 heavy (non-hydrogen) atoms. The van der Waals surface area contributed by atoms with E-state index < -0.39 is 0 Å². The van der Waals surface area contributed by atoms with Gasteiger partial charge in [0.25, 0.3) is 0 Å². The van der Waals surface area contributed by atoms with Gasteiger partial charge in [0.05, 0.1) is 12.2 Å². The van der Waals surface area contributed by atoms with E-state index >= 15 is 0 Å². The minimum atomic E-state index is 0.146. The number of anilines is 1. The van der Waals surface area contributed by atoms with E-state index in [1.54, 1.807) is 0 Å². The summed E-state index contributed by atoms with van der Waals surface area (Å²) in [5, 5.41) is 0. The zero-order valence-electron chi connectivity index (χ0n) is 9.16. The third-order valence-corrected chi connectivity index (χ3v) is 4.02. The van der Waals surface area contributed by atoms with Crippen LogP contribution in [0.3, 0.4) is 0 Å². The first-order valence-electron chi connectivity index (χ1n) is 5.78. The minimum absolute atomic E-state index is 0.146.